The predicted octanol–water partition coefficient (Wildman–Crippen LogP) is 7.30. The molecule has 170 valence electrons. The summed E-state index contributed by atoms with van der Waals surface area (Å²) < 4.78 is 0. The van der Waals surface area contributed by atoms with Crippen LogP contribution in [0.1, 0.15) is 99.3 Å². The minimum absolute atomic E-state index is 0.210. The molecule has 0 spiro atoms. The van der Waals surface area contributed by atoms with Gasteiger partial charge < -0.3 is 4.90 Å². The van der Waals surface area contributed by atoms with E-state index in [4.69, 9.17) is 0 Å². The molecule has 4 aliphatic rings. The zero-order valence-corrected chi connectivity index (χ0v) is 20.8. The van der Waals surface area contributed by atoms with Gasteiger partial charge in [0.1, 0.15) is 0 Å². The van der Waals surface area contributed by atoms with Gasteiger partial charge in [-0.15, -0.1) is 0 Å². The fraction of sp³-hybridized carbons (Fsp3) is 0.893. The third kappa shape index (κ3) is 3.39. The van der Waals surface area contributed by atoms with Crippen molar-refractivity contribution in [1.29, 1.82) is 0 Å². The Bertz CT molecular complexity index is 695. The standard InChI is InChI=1S/C28H47NO/c1-18(2)9-8-10-19(3)21-11-12-22-26-20(4)17-24-28(6,16-14-25(30)29(24)7)23(26)13-15-27(21,22)5/h17-23,26H,8-16H2,1-7H3/t19?,20-,21+,22-,23-,26-,27+,28+/m0/s1. The Balaban J connectivity index is 1.57. The summed E-state index contributed by atoms with van der Waals surface area (Å²) in [6, 6.07) is 0. The number of carbonyl (C=O) groups is 1. The largest absolute Gasteiger partial charge is 0.319 e. The van der Waals surface area contributed by atoms with Crippen molar-refractivity contribution in [2.45, 2.75) is 99.3 Å². The van der Waals surface area contributed by atoms with E-state index in [0.29, 0.717) is 17.2 Å². The van der Waals surface area contributed by atoms with Gasteiger partial charge in [-0.3, -0.25) is 4.79 Å². The summed E-state index contributed by atoms with van der Waals surface area (Å²) in [5.74, 6) is 5.99. The van der Waals surface area contributed by atoms with E-state index in [1.165, 1.54) is 50.6 Å². The smallest absolute Gasteiger partial charge is 0.226 e. The summed E-state index contributed by atoms with van der Waals surface area (Å²) in [4.78, 5) is 14.4. The molecule has 30 heavy (non-hydrogen) atoms. The van der Waals surface area contributed by atoms with Crippen LogP contribution in [-0.4, -0.2) is 17.9 Å². The third-order valence-corrected chi connectivity index (χ3v) is 10.6. The van der Waals surface area contributed by atoms with E-state index in [0.717, 1.165) is 48.3 Å². The first kappa shape index (κ1) is 22.4. The number of amides is 1. The summed E-state index contributed by atoms with van der Waals surface area (Å²) in [7, 11) is 2.02. The highest BCUT2D eigenvalue weighted by Gasteiger charge is 2.61. The van der Waals surface area contributed by atoms with E-state index in [-0.39, 0.29) is 5.41 Å². The lowest BCUT2D eigenvalue weighted by Crippen LogP contribution is -2.55. The molecule has 0 aromatic heterocycles. The topological polar surface area (TPSA) is 20.3 Å². The van der Waals surface area contributed by atoms with Crippen LogP contribution in [0.15, 0.2) is 11.8 Å². The Labute approximate surface area is 186 Å². The number of allylic oxidation sites excluding steroid dienone is 2. The molecule has 1 amide bonds. The second-order valence-electron chi connectivity index (χ2n) is 12.6. The molecule has 0 bridgehead atoms. The number of likely N-dealkylation sites (tertiary alicyclic amines) is 1. The van der Waals surface area contributed by atoms with Crippen LogP contribution in [0.3, 0.4) is 0 Å². The average molecular weight is 414 g/mol. The van der Waals surface area contributed by atoms with Gasteiger partial charge >= 0.3 is 0 Å². The van der Waals surface area contributed by atoms with Gasteiger partial charge in [-0.05, 0) is 78.9 Å². The Kier molecular flexibility index (Phi) is 5.95. The molecule has 2 heteroatoms. The monoisotopic (exact) mass is 413 g/mol. The van der Waals surface area contributed by atoms with Gasteiger partial charge in [-0.2, -0.15) is 0 Å². The van der Waals surface area contributed by atoms with E-state index in [2.05, 4.69) is 47.6 Å². The molecule has 0 aromatic rings. The first-order chi connectivity index (χ1) is 14.1. The minimum Gasteiger partial charge on any atom is -0.319 e. The molecular weight excluding hydrogens is 366 g/mol. The van der Waals surface area contributed by atoms with Crippen molar-refractivity contribution in [2.24, 2.45) is 52.3 Å². The molecule has 1 saturated heterocycles. The highest BCUT2D eigenvalue weighted by molar-refractivity contribution is 5.79. The SMILES string of the molecule is CC(C)CCCC(C)[C@H]1CC[C@H]2[C@@H]3[C@@H](C)C=C4N(C)C(=O)CC[C@]4(C)[C@H]3CC[C@]12C. The average Bonchev–Trinajstić information content (AvgIpc) is 3.03. The minimum atomic E-state index is 0.210. The van der Waals surface area contributed by atoms with Crippen molar-refractivity contribution >= 4 is 5.91 Å². The maximum Gasteiger partial charge on any atom is 0.226 e. The van der Waals surface area contributed by atoms with Crippen LogP contribution in [0.4, 0.5) is 0 Å². The normalized spacial score (nSPS) is 44.4. The number of hydrogen-bond acceptors (Lipinski definition) is 1. The van der Waals surface area contributed by atoms with Gasteiger partial charge in [0.2, 0.25) is 5.91 Å². The van der Waals surface area contributed by atoms with Crippen LogP contribution in [0, 0.1) is 52.3 Å². The van der Waals surface area contributed by atoms with Gasteiger partial charge in [-0.1, -0.05) is 66.9 Å². The Hall–Kier alpha value is -0.790. The van der Waals surface area contributed by atoms with E-state index in [1.807, 2.05) is 11.9 Å². The van der Waals surface area contributed by atoms with Crippen molar-refractivity contribution in [3.05, 3.63) is 11.8 Å². The molecule has 0 N–H and O–H groups in total. The maximum atomic E-state index is 12.4. The van der Waals surface area contributed by atoms with E-state index >= 15 is 0 Å². The second-order valence-corrected chi connectivity index (χ2v) is 12.6. The van der Waals surface area contributed by atoms with Gasteiger partial charge in [0.15, 0.2) is 0 Å². The molecule has 3 aliphatic carbocycles. The fourth-order valence-electron chi connectivity index (χ4n) is 8.91. The van der Waals surface area contributed by atoms with Gasteiger partial charge in [0, 0.05) is 24.6 Å². The van der Waals surface area contributed by atoms with E-state index in [1.54, 1.807) is 0 Å². The zero-order valence-electron chi connectivity index (χ0n) is 20.8. The molecule has 0 radical (unpaired) electrons. The highest BCUT2D eigenvalue weighted by atomic mass is 16.2. The highest BCUT2D eigenvalue weighted by Crippen LogP contribution is 2.68. The van der Waals surface area contributed by atoms with Crippen LogP contribution in [0.25, 0.3) is 0 Å². The molecule has 1 heterocycles. The number of piperidine rings is 1. The molecular formula is C28H47NO. The molecule has 2 nitrogen and oxygen atoms in total. The Morgan fingerprint density at radius 3 is 2.50 bits per heavy atom. The van der Waals surface area contributed by atoms with Crippen LogP contribution in [0.2, 0.25) is 0 Å². The fourth-order valence-corrected chi connectivity index (χ4v) is 8.91. The third-order valence-electron chi connectivity index (χ3n) is 10.6. The van der Waals surface area contributed by atoms with Gasteiger partial charge in [-0.25, -0.2) is 0 Å². The van der Waals surface area contributed by atoms with Crippen LogP contribution < -0.4 is 0 Å². The first-order valence-corrected chi connectivity index (χ1v) is 13.1. The van der Waals surface area contributed by atoms with Crippen molar-refractivity contribution < 1.29 is 4.79 Å². The lowest BCUT2D eigenvalue weighted by atomic mass is 9.46. The van der Waals surface area contributed by atoms with Crippen molar-refractivity contribution in [3.8, 4) is 0 Å². The summed E-state index contributed by atoms with van der Waals surface area (Å²) in [6.45, 7) is 14.9. The van der Waals surface area contributed by atoms with Gasteiger partial charge in [0.05, 0.1) is 0 Å². The second kappa shape index (κ2) is 7.96. The van der Waals surface area contributed by atoms with Gasteiger partial charge in [0.25, 0.3) is 0 Å². The quantitative estimate of drug-likeness (QED) is 0.463. The molecule has 3 fully saturated rings. The summed E-state index contributed by atoms with van der Waals surface area (Å²) >= 11 is 0. The van der Waals surface area contributed by atoms with Crippen molar-refractivity contribution in [2.75, 3.05) is 7.05 Å². The molecule has 4 rings (SSSR count). The van der Waals surface area contributed by atoms with Crippen LogP contribution in [-0.2, 0) is 4.79 Å². The van der Waals surface area contributed by atoms with Crippen LogP contribution >= 0.6 is 0 Å². The first-order valence-electron chi connectivity index (χ1n) is 13.1. The molecule has 1 unspecified atom stereocenters. The number of rotatable bonds is 5. The lowest BCUT2D eigenvalue weighted by molar-refractivity contribution is -0.137. The predicted molar refractivity (Wildman–Crippen MR) is 126 cm³/mol. The molecule has 1 aliphatic heterocycles. The summed E-state index contributed by atoms with van der Waals surface area (Å²) in [5, 5.41) is 0. The Morgan fingerprint density at radius 2 is 1.80 bits per heavy atom. The van der Waals surface area contributed by atoms with E-state index < -0.39 is 0 Å². The number of hydrogen-bond donors (Lipinski definition) is 0. The zero-order chi connectivity index (χ0) is 21.8. The number of fused-ring (bicyclic) bond motifs is 5. The molecule has 2 saturated carbocycles. The van der Waals surface area contributed by atoms with Crippen LogP contribution in [0.5, 0.6) is 0 Å². The summed E-state index contributed by atoms with van der Waals surface area (Å²) in [6.07, 6.45) is 14.2. The van der Waals surface area contributed by atoms with Crippen molar-refractivity contribution in [3.63, 3.8) is 0 Å². The lowest BCUT2D eigenvalue weighted by Gasteiger charge is -2.60. The van der Waals surface area contributed by atoms with E-state index in [9.17, 15) is 4.79 Å². The van der Waals surface area contributed by atoms with Crippen molar-refractivity contribution in [1.82, 2.24) is 4.90 Å². The Morgan fingerprint density at radius 1 is 1.07 bits per heavy atom. The maximum absolute atomic E-state index is 12.4. The molecule has 0 aromatic carbocycles. The number of nitrogens with zero attached hydrogens (tertiary/aromatic N) is 1. The molecule has 8 atom stereocenters. The number of carbonyl (C=O) groups excluding carboxylic acids is 1. The summed E-state index contributed by atoms with van der Waals surface area (Å²) in [5.41, 5.74) is 2.10.